The van der Waals surface area contributed by atoms with Gasteiger partial charge in [0.15, 0.2) is 0 Å². The molecule has 0 bridgehead atoms. The van der Waals surface area contributed by atoms with Crippen LogP contribution in [0.5, 0.6) is 0 Å². The fourth-order valence-corrected chi connectivity index (χ4v) is 1.86. The van der Waals surface area contributed by atoms with Crippen LogP contribution in [0.2, 0.25) is 0 Å². The monoisotopic (exact) mass is 214 g/mol. The Morgan fingerprint density at radius 1 is 1.40 bits per heavy atom. The number of carbonyl (C=O) groups is 1. The van der Waals surface area contributed by atoms with Crippen LogP contribution in [0.15, 0.2) is 0 Å². The summed E-state index contributed by atoms with van der Waals surface area (Å²) >= 11 is 0. The molecule has 5 nitrogen and oxygen atoms in total. The Labute approximate surface area is 91.6 Å². The highest BCUT2D eigenvalue weighted by atomic mass is 16.1. The molecule has 1 unspecified atom stereocenters. The van der Waals surface area contributed by atoms with Crippen molar-refractivity contribution in [3.8, 4) is 0 Å². The lowest BCUT2D eigenvalue weighted by Crippen LogP contribution is -2.52. The Bertz CT molecular complexity index is 202. The van der Waals surface area contributed by atoms with Crippen molar-refractivity contribution in [2.75, 3.05) is 46.8 Å². The quantitative estimate of drug-likeness (QED) is 0.610. The normalized spacial score (nSPS) is 21.3. The summed E-state index contributed by atoms with van der Waals surface area (Å²) in [5.74, 6) is 0.0735. The van der Waals surface area contributed by atoms with E-state index in [1.165, 1.54) is 0 Å². The van der Waals surface area contributed by atoms with Crippen molar-refractivity contribution in [3.05, 3.63) is 0 Å². The van der Waals surface area contributed by atoms with Crippen LogP contribution in [0.25, 0.3) is 0 Å². The summed E-state index contributed by atoms with van der Waals surface area (Å²) < 4.78 is 0. The number of carbonyl (C=O) groups excluding carboxylic acids is 1. The molecule has 0 radical (unpaired) electrons. The number of nitrogens with zero attached hydrogens (tertiary/aromatic N) is 2. The largest absolute Gasteiger partial charge is 0.359 e. The topological polar surface area (TPSA) is 61.6 Å². The summed E-state index contributed by atoms with van der Waals surface area (Å²) in [6, 6.07) is 0.193. The van der Waals surface area contributed by atoms with E-state index in [0.29, 0.717) is 13.0 Å². The molecule has 0 aromatic heterocycles. The minimum Gasteiger partial charge on any atom is -0.359 e. The van der Waals surface area contributed by atoms with Crippen LogP contribution in [0.1, 0.15) is 6.42 Å². The van der Waals surface area contributed by atoms with Crippen LogP contribution in [-0.4, -0.2) is 68.6 Å². The molecule has 1 rings (SSSR count). The lowest BCUT2D eigenvalue weighted by molar-refractivity contribution is -0.121. The van der Waals surface area contributed by atoms with Crippen molar-refractivity contribution in [2.24, 2.45) is 5.73 Å². The van der Waals surface area contributed by atoms with Crippen LogP contribution < -0.4 is 11.1 Å². The predicted molar refractivity (Wildman–Crippen MR) is 60.6 cm³/mol. The first kappa shape index (κ1) is 12.4. The van der Waals surface area contributed by atoms with E-state index in [2.05, 4.69) is 22.2 Å². The van der Waals surface area contributed by atoms with Crippen LogP contribution in [0.4, 0.5) is 0 Å². The molecule has 1 aliphatic rings. The predicted octanol–water partition coefficient (Wildman–Crippen LogP) is -1.30. The van der Waals surface area contributed by atoms with Gasteiger partial charge in [0.25, 0.3) is 0 Å². The number of nitrogens with one attached hydrogen (secondary N) is 1. The Hall–Kier alpha value is -0.650. The van der Waals surface area contributed by atoms with Crippen LogP contribution in [-0.2, 0) is 4.79 Å². The molecule has 0 aromatic carbocycles. The van der Waals surface area contributed by atoms with Crippen molar-refractivity contribution in [2.45, 2.75) is 12.5 Å². The Balaban J connectivity index is 2.40. The van der Waals surface area contributed by atoms with Gasteiger partial charge in [-0.2, -0.15) is 0 Å². The highest BCUT2D eigenvalue weighted by molar-refractivity contribution is 5.76. The molecule has 1 amide bonds. The molecule has 0 aliphatic carbocycles. The smallest absolute Gasteiger partial charge is 0.221 e. The van der Waals surface area contributed by atoms with Gasteiger partial charge in [-0.3, -0.25) is 9.69 Å². The van der Waals surface area contributed by atoms with Gasteiger partial charge in [-0.25, -0.2) is 0 Å². The molecule has 0 aromatic rings. The first-order valence-corrected chi connectivity index (χ1v) is 5.50. The van der Waals surface area contributed by atoms with Crippen LogP contribution in [0.3, 0.4) is 0 Å². The fourth-order valence-electron chi connectivity index (χ4n) is 1.86. The highest BCUT2D eigenvalue weighted by Gasteiger charge is 2.22. The number of hydrogen-bond acceptors (Lipinski definition) is 4. The van der Waals surface area contributed by atoms with Gasteiger partial charge in [-0.05, 0) is 7.05 Å². The second-order valence-corrected chi connectivity index (χ2v) is 4.11. The second-order valence-electron chi connectivity index (χ2n) is 4.11. The summed E-state index contributed by atoms with van der Waals surface area (Å²) in [5, 5.41) is 2.65. The molecule has 5 heteroatoms. The number of amides is 1. The minimum absolute atomic E-state index is 0.0735. The summed E-state index contributed by atoms with van der Waals surface area (Å²) in [5.41, 5.74) is 5.71. The van der Waals surface area contributed by atoms with Gasteiger partial charge in [0.05, 0.1) is 0 Å². The maximum absolute atomic E-state index is 11.3. The molecule has 1 fully saturated rings. The second kappa shape index (κ2) is 6.05. The van der Waals surface area contributed by atoms with Gasteiger partial charge in [0.1, 0.15) is 0 Å². The van der Waals surface area contributed by atoms with Crippen molar-refractivity contribution in [3.63, 3.8) is 0 Å². The average Bonchev–Trinajstić information content (AvgIpc) is 2.27. The van der Waals surface area contributed by atoms with Gasteiger partial charge in [0, 0.05) is 52.2 Å². The number of likely N-dealkylation sites (N-methyl/N-ethyl adjacent to an activating group) is 1. The van der Waals surface area contributed by atoms with Crippen LogP contribution in [0, 0.1) is 0 Å². The van der Waals surface area contributed by atoms with E-state index in [0.717, 1.165) is 26.2 Å². The maximum atomic E-state index is 11.3. The van der Waals surface area contributed by atoms with Crippen molar-refractivity contribution in [1.29, 1.82) is 0 Å². The third-order valence-electron chi connectivity index (χ3n) is 3.03. The van der Waals surface area contributed by atoms with Gasteiger partial charge >= 0.3 is 0 Å². The SMILES string of the molecule is CNC(=O)CC(CN)N1CCN(C)CC1. The molecular formula is C10H22N4O. The first-order valence-electron chi connectivity index (χ1n) is 5.50. The molecule has 3 N–H and O–H groups in total. The van der Waals surface area contributed by atoms with E-state index in [-0.39, 0.29) is 11.9 Å². The van der Waals surface area contributed by atoms with Crippen molar-refractivity contribution < 1.29 is 4.79 Å². The number of nitrogens with two attached hydrogens (primary N) is 1. The van der Waals surface area contributed by atoms with Gasteiger partial charge in [-0.15, -0.1) is 0 Å². The van der Waals surface area contributed by atoms with E-state index < -0.39 is 0 Å². The molecule has 1 atom stereocenters. The maximum Gasteiger partial charge on any atom is 0.221 e. The lowest BCUT2D eigenvalue weighted by atomic mass is 10.1. The number of hydrogen-bond donors (Lipinski definition) is 2. The fraction of sp³-hybridized carbons (Fsp3) is 0.900. The molecule has 1 aliphatic heterocycles. The summed E-state index contributed by atoms with van der Waals surface area (Å²) in [6.45, 7) is 4.69. The first-order chi connectivity index (χ1) is 7.17. The standard InChI is InChI=1S/C10H22N4O/c1-12-10(15)7-9(8-11)14-5-3-13(2)4-6-14/h9H,3-8,11H2,1-2H3,(H,12,15). The van der Waals surface area contributed by atoms with E-state index in [9.17, 15) is 4.79 Å². The van der Waals surface area contributed by atoms with Crippen LogP contribution >= 0.6 is 0 Å². The number of piperazine rings is 1. The average molecular weight is 214 g/mol. The van der Waals surface area contributed by atoms with Gasteiger partial charge in [0.2, 0.25) is 5.91 Å². The minimum atomic E-state index is 0.0735. The molecule has 1 saturated heterocycles. The van der Waals surface area contributed by atoms with E-state index in [1.807, 2.05) is 0 Å². The zero-order chi connectivity index (χ0) is 11.3. The molecule has 88 valence electrons. The van der Waals surface area contributed by atoms with Crippen molar-refractivity contribution >= 4 is 5.91 Å². The molecule has 15 heavy (non-hydrogen) atoms. The van der Waals surface area contributed by atoms with E-state index in [4.69, 9.17) is 5.73 Å². The molecule has 1 heterocycles. The Morgan fingerprint density at radius 2 is 2.00 bits per heavy atom. The van der Waals surface area contributed by atoms with Crippen molar-refractivity contribution in [1.82, 2.24) is 15.1 Å². The summed E-state index contributed by atoms with van der Waals surface area (Å²) in [6.07, 6.45) is 0.511. The van der Waals surface area contributed by atoms with Gasteiger partial charge < -0.3 is 16.0 Å². The third-order valence-corrected chi connectivity index (χ3v) is 3.03. The highest BCUT2D eigenvalue weighted by Crippen LogP contribution is 2.07. The summed E-state index contributed by atoms with van der Waals surface area (Å²) in [7, 11) is 3.79. The van der Waals surface area contributed by atoms with E-state index in [1.54, 1.807) is 7.05 Å². The zero-order valence-corrected chi connectivity index (χ0v) is 9.70. The third kappa shape index (κ3) is 3.77. The Kier molecular flexibility index (Phi) is 5.01. The Morgan fingerprint density at radius 3 is 2.47 bits per heavy atom. The lowest BCUT2D eigenvalue weighted by Gasteiger charge is -2.37. The number of rotatable bonds is 4. The molecule has 0 saturated carbocycles. The van der Waals surface area contributed by atoms with Gasteiger partial charge in [-0.1, -0.05) is 0 Å². The molecule has 0 spiro atoms. The zero-order valence-electron chi connectivity index (χ0n) is 9.70. The summed E-state index contributed by atoms with van der Waals surface area (Å²) in [4.78, 5) is 15.9. The van der Waals surface area contributed by atoms with E-state index >= 15 is 0 Å². The molecular weight excluding hydrogens is 192 g/mol.